The fourth-order valence-electron chi connectivity index (χ4n) is 1.70. The number of rotatable bonds is 5. The maximum Gasteiger partial charge on any atom is 0.413 e. The lowest BCUT2D eigenvalue weighted by molar-refractivity contribution is -0.137. The van der Waals surface area contributed by atoms with Gasteiger partial charge in [-0.25, -0.2) is 9.48 Å². The number of ether oxygens (including phenoxy) is 1. The van der Waals surface area contributed by atoms with Crippen LogP contribution < -0.4 is 5.32 Å². The van der Waals surface area contributed by atoms with Gasteiger partial charge in [0.25, 0.3) is 0 Å². The van der Waals surface area contributed by atoms with Gasteiger partial charge in [-0.15, -0.1) is 0 Å². The normalized spacial score (nSPS) is 9.77. The first-order chi connectivity index (χ1) is 10.6. The summed E-state index contributed by atoms with van der Waals surface area (Å²) in [5.41, 5.74) is 0.857. The minimum absolute atomic E-state index is 0.0111. The molecule has 8 nitrogen and oxygen atoms in total. The summed E-state index contributed by atoms with van der Waals surface area (Å²) in [5, 5.41) is 23.8. The van der Waals surface area contributed by atoms with Crippen LogP contribution in [0.4, 0.5) is 10.6 Å². The molecule has 22 heavy (non-hydrogen) atoms. The number of nitriles is 1. The van der Waals surface area contributed by atoms with Crippen LogP contribution in [0.15, 0.2) is 36.5 Å². The van der Waals surface area contributed by atoms with Crippen molar-refractivity contribution in [1.29, 1.82) is 5.26 Å². The van der Waals surface area contributed by atoms with Crippen molar-refractivity contribution < 1.29 is 19.4 Å². The van der Waals surface area contributed by atoms with Crippen LogP contribution in [-0.2, 0) is 22.7 Å². The molecular formula is C14H12N4O4. The Balaban J connectivity index is 2.03. The summed E-state index contributed by atoms with van der Waals surface area (Å²) in [6.07, 6.45) is 0.378. The summed E-state index contributed by atoms with van der Waals surface area (Å²) in [6.45, 7) is -0.419. The van der Waals surface area contributed by atoms with Crippen LogP contribution >= 0.6 is 0 Å². The summed E-state index contributed by atoms with van der Waals surface area (Å²) in [6, 6.07) is 10.9. The molecule has 2 rings (SSSR count). The van der Waals surface area contributed by atoms with E-state index in [4.69, 9.17) is 15.1 Å². The number of amides is 1. The predicted octanol–water partition coefficient (Wildman–Crippen LogP) is 1.59. The second-order valence-corrected chi connectivity index (χ2v) is 4.26. The number of nitrogens with zero attached hydrogens (tertiary/aromatic N) is 3. The van der Waals surface area contributed by atoms with Crippen LogP contribution in [0, 0.1) is 11.3 Å². The van der Waals surface area contributed by atoms with Crippen LogP contribution in [0.1, 0.15) is 11.1 Å². The Morgan fingerprint density at radius 3 is 2.73 bits per heavy atom. The van der Waals surface area contributed by atoms with Crippen molar-refractivity contribution in [2.75, 3.05) is 5.32 Å². The third kappa shape index (κ3) is 3.83. The quantitative estimate of drug-likeness (QED) is 0.865. The lowest BCUT2D eigenvalue weighted by Gasteiger charge is -2.08. The molecule has 0 spiro atoms. The van der Waals surface area contributed by atoms with Crippen molar-refractivity contribution in [1.82, 2.24) is 9.78 Å². The number of nitrogens with one attached hydrogen (secondary N) is 1. The first kappa shape index (κ1) is 15.1. The zero-order valence-corrected chi connectivity index (χ0v) is 11.4. The number of aliphatic carboxylic acids is 1. The second-order valence-electron chi connectivity index (χ2n) is 4.26. The average Bonchev–Trinajstić information content (AvgIpc) is 2.87. The molecule has 0 unspecified atom stereocenters. The molecule has 2 aromatic rings. The Hall–Kier alpha value is -3.34. The highest BCUT2D eigenvalue weighted by Gasteiger charge is 2.16. The number of hydrogen-bond donors (Lipinski definition) is 2. The SMILES string of the molecule is N#Cc1cnn(CC(=O)O)c1NC(=O)OCc1ccccc1. The van der Waals surface area contributed by atoms with Crippen molar-refractivity contribution in [3.05, 3.63) is 47.7 Å². The van der Waals surface area contributed by atoms with E-state index in [0.717, 1.165) is 10.2 Å². The van der Waals surface area contributed by atoms with Crippen LogP contribution in [0.2, 0.25) is 0 Å². The summed E-state index contributed by atoms with van der Waals surface area (Å²) in [5.74, 6) is -1.16. The third-order valence-electron chi connectivity index (χ3n) is 2.68. The van der Waals surface area contributed by atoms with Crippen molar-refractivity contribution in [3.8, 4) is 6.07 Å². The highest BCUT2D eigenvalue weighted by atomic mass is 16.5. The lowest BCUT2D eigenvalue weighted by atomic mass is 10.2. The molecule has 0 atom stereocenters. The summed E-state index contributed by atoms with van der Waals surface area (Å²) >= 11 is 0. The van der Waals surface area contributed by atoms with Crippen molar-refractivity contribution in [3.63, 3.8) is 0 Å². The molecule has 0 fully saturated rings. The Morgan fingerprint density at radius 1 is 1.36 bits per heavy atom. The third-order valence-corrected chi connectivity index (χ3v) is 2.68. The van der Waals surface area contributed by atoms with Gasteiger partial charge in [0.1, 0.15) is 24.8 Å². The van der Waals surface area contributed by atoms with Crippen molar-refractivity contribution >= 4 is 17.9 Å². The molecule has 1 heterocycles. The Labute approximate surface area is 125 Å². The topological polar surface area (TPSA) is 117 Å². The standard InChI is InChI=1S/C14H12N4O4/c15-6-11-7-16-18(8-12(19)20)13(11)17-14(21)22-9-10-4-2-1-3-5-10/h1-5,7H,8-9H2,(H,17,21)(H,19,20). The van der Waals surface area contributed by atoms with E-state index in [1.807, 2.05) is 24.3 Å². The molecule has 0 saturated carbocycles. The number of benzene rings is 1. The summed E-state index contributed by atoms with van der Waals surface area (Å²) < 4.78 is 6.02. The van der Waals surface area contributed by atoms with Gasteiger partial charge >= 0.3 is 12.1 Å². The minimum atomic E-state index is -1.15. The van der Waals surface area contributed by atoms with Crippen LogP contribution in [0.5, 0.6) is 0 Å². The number of hydrogen-bond acceptors (Lipinski definition) is 5. The van der Waals surface area contributed by atoms with Crippen molar-refractivity contribution in [2.45, 2.75) is 13.2 Å². The summed E-state index contributed by atoms with van der Waals surface area (Å²) in [4.78, 5) is 22.5. The van der Waals surface area contributed by atoms with E-state index in [0.29, 0.717) is 0 Å². The molecule has 2 N–H and O–H groups in total. The maximum absolute atomic E-state index is 11.8. The molecule has 1 aromatic carbocycles. The smallest absolute Gasteiger partial charge is 0.413 e. The molecule has 1 aromatic heterocycles. The predicted molar refractivity (Wildman–Crippen MR) is 74.8 cm³/mol. The van der Waals surface area contributed by atoms with E-state index in [9.17, 15) is 9.59 Å². The van der Waals surface area contributed by atoms with Gasteiger partial charge in [-0.3, -0.25) is 10.1 Å². The zero-order chi connectivity index (χ0) is 15.9. The van der Waals surface area contributed by atoms with Crippen molar-refractivity contribution in [2.24, 2.45) is 0 Å². The maximum atomic E-state index is 11.8. The zero-order valence-electron chi connectivity index (χ0n) is 11.4. The van der Waals surface area contributed by atoms with E-state index in [1.54, 1.807) is 12.1 Å². The van der Waals surface area contributed by atoms with Gasteiger partial charge in [0.05, 0.1) is 6.20 Å². The van der Waals surface area contributed by atoms with E-state index in [1.165, 1.54) is 6.20 Å². The monoisotopic (exact) mass is 300 g/mol. The molecule has 0 bridgehead atoms. The lowest BCUT2D eigenvalue weighted by Crippen LogP contribution is -2.19. The number of aromatic nitrogens is 2. The van der Waals surface area contributed by atoms with E-state index < -0.39 is 18.6 Å². The number of carboxylic acid groups (broad SMARTS) is 1. The largest absolute Gasteiger partial charge is 0.480 e. The van der Waals surface area contributed by atoms with E-state index in [-0.39, 0.29) is 18.0 Å². The highest BCUT2D eigenvalue weighted by Crippen LogP contribution is 2.14. The molecule has 0 aliphatic rings. The number of anilines is 1. The van der Waals surface area contributed by atoms with Crippen LogP contribution in [-0.4, -0.2) is 26.9 Å². The molecule has 0 saturated heterocycles. The van der Waals surface area contributed by atoms with Gasteiger partial charge < -0.3 is 9.84 Å². The molecular weight excluding hydrogens is 288 g/mol. The Kier molecular flexibility index (Phi) is 4.72. The first-order valence-corrected chi connectivity index (χ1v) is 6.25. The van der Waals surface area contributed by atoms with Gasteiger partial charge in [0, 0.05) is 0 Å². The number of carboxylic acids is 1. The van der Waals surface area contributed by atoms with Gasteiger partial charge in [-0.05, 0) is 5.56 Å². The van der Waals surface area contributed by atoms with E-state index in [2.05, 4.69) is 10.4 Å². The molecule has 1 amide bonds. The van der Waals surface area contributed by atoms with Gasteiger partial charge in [0.15, 0.2) is 5.82 Å². The number of carbonyl (C=O) groups is 2. The van der Waals surface area contributed by atoms with Crippen LogP contribution in [0.25, 0.3) is 0 Å². The fourth-order valence-corrected chi connectivity index (χ4v) is 1.70. The number of carbonyl (C=O) groups excluding carboxylic acids is 1. The Morgan fingerprint density at radius 2 is 2.09 bits per heavy atom. The van der Waals surface area contributed by atoms with Crippen LogP contribution in [0.3, 0.4) is 0 Å². The summed E-state index contributed by atoms with van der Waals surface area (Å²) in [7, 11) is 0. The molecule has 8 heteroatoms. The molecule has 112 valence electrons. The fraction of sp³-hybridized carbons (Fsp3) is 0.143. The van der Waals surface area contributed by atoms with Gasteiger partial charge in [-0.1, -0.05) is 30.3 Å². The van der Waals surface area contributed by atoms with Gasteiger partial charge in [-0.2, -0.15) is 10.4 Å². The molecule has 0 aliphatic carbocycles. The second kappa shape index (κ2) is 6.90. The highest BCUT2D eigenvalue weighted by molar-refractivity contribution is 5.85. The molecule has 0 aliphatic heterocycles. The van der Waals surface area contributed by atoms with E-state index >= 15 is 0 Å². The Bertz CT molecular complexity index is 718. The molecule has 0 radical (unpaired) electrons. The average molecular weight is 300 g/mol. The first-order valence-electron chi connectivity index (χ1n) is 6.25. The van der Waals surface area contributed by atoms with Gasteiger partial charge in [0.2, 0.25) is 0 Å². The minimum Gasteiger partial charge on any atom is -0.480 e.